The van der Waals surface area contributed by atoms with Crippen LogP contribution < -0.4 is 5.73 Å². The molecule has 0 radical (unpaired) electrons. The first-order valence-electron chi connectivity index (χ1n) is 6.19. The van der Waals surface area contributed by atoms with Crippen molar-refractivity contribution in [2.24, 2.45) is 5.73 Å². The van der Waals surface area contributed by atoms with E-state index >= 15 is 0 Å². The number of thioether (sulfide) groups is 1. The molecule has 3 N–H and O–H groups in total. The van der Waals surface area contributed by atoms with Gasteiger partial charge < -0.3 is 5.73 Å². The van der Waals surface area contributed by atoms with Gasteiger partial charge in [0.2, 0.25) is 0 Å². The number of benzene rings is 2. The number of hydrogen-bond donors (Lipinski definition) is 2. The van der Waals surface area contributed by atoms with E-state index < -0.39 is 0 Å². The Labute approximate surface area is 131 Å². The van der Waals surface area contributed by atoms with E-state index in [1.165, 1.54) is 32.7 Å². The van der Waals surface area contributed by atoms with E-state index in [4.69, 9.17) is 22.7 Å². The lowest BCUT2D eigenvalue weighted by molar-refractivity contribution is 0.906. The first-order valence-corrected chi connectivity index (χ1v) is 8.27. The van der Waals surface area contributed by atoms with Crippen molar-refractivity contribution in [1.82, 2.24) is 0 Å². The first kappa shape index (κ1) is 13.9. The SMILES string of the molecule is N=C(N)SC1Cc2cc(Cl)ccc2Sc2ccccc21. The summed E-state index contributed by atoms with van der Waals surface area (Å²) in [6.07, 6.45) is 0.837. The van der Waals surface area contributed by atoms with E-state index in [-0.39, 0.29) is 10.4 Å². The molecule has 0 spiro atoms. The van der Waals surface area contributed by atoms with Crippen LogP contribution in [0.1, 0.15) is 16.4 Å². The molecule has 20 heavy (non-hydrogen) atoms. The van der Waals surface area contributed by atoms with Gasteiger partial charge in [0.25, 0.3) is 0 Å². The Morgan fingerprint density at radius 2 is 2.05 bits per heavy atom. The third kappa shape index (κ3) is 2.82. The Bertz CT molecular complexity index is 673. The quantitative estimate of drug-likeness (QED) is 0.590. The van der Waals surface area contributed by atoms with Crippen LogP contribution in [0.15, 0.2) is 52.3 Å². The Morgan fingerprint density at radius 1 is 1.25 bits per heavy atom. The largest absolute Gasteiger partial charge is 0.379 e. The van der Waals surface area contributed by atoms with Crippen LogP contribution in [-0.4, -0.2) is 5.17 Å². The second-order valence-corrected chi connectivity index (χ2v) is 7.33. The fourth-order valence-electron chi connectivity index (χ4n) is 2.33. The van der Waals surface area contributed by atoms with Crippen LogP contribution in [0.2, 0.25) is 5.02 Å². The summed E-state index contributed by atoms with van der Waals surface area (Å²) in [5.74, 6) is 0. The molecule has 0 bridgehead atoms. The molecule has 1 unspecified atom stereocenters. The van der Waals surface area contributed by atoms with Gasteiger partial charge in [-0.15, -0.1) is 0 Å². The van der Waals surface area contributed by atoms with Gasteiger partial charge in [0.1, 0.15) is 0 Å². The van der Waals surface area contributed by atoms with Crippen molar-refractivity contribution >= 4 is 40.3 Å². The summed E-state index contributed by atoms with van der Waals surface area (Å²) in [7, 11) is 0. The summed E-state index contributed by atoms with van der Waals surface area (Å²) in [5, 5.41) is 8.65. The zero-order chi connectivity index (χ0) is 14.1. The predicted octanol–water partition coefficient (Wildman–Crippen LogP) is 4.72. The summed E-state index contributed by atoms with van der Waals surface area (Å²) in [4.78, 5) is 2.46. The normalized spacial score (nSPS) is 16.9. The highest BCUT2D eigenvalue weighted by Crippen LogP contribution is 2.45. The maximum absolute atomic E-state index is 7.58. The second kappa shape index (κ2) is 5.72. The molecule has 1 aliphatic heterocycles. The van der Waals surface area contributed by atoms with Gasteiger partial charge in [-0.25, -0.2) is 0 Å². The number of halogens is 1. The zero-order valence-corrected chi connectivity index (χ0v) is 13.0. The highest BCUT2D eigenvalue weighted by molar-refractivity contribution is 8.13. The van der Waals surface area contributed by atoms with E-state index in [9.17, 15) is 0 Å². The number of amidine groups is 1. The van der Waals surface area contributed by atoms with Gasteiger partial charge in [-0.3, -0.25) is 5.41 Å². The van der Waals surface area contributed by atoms with Crippen LogP contribution in [0, 0.1) is 5.41 Å². The molecule has 1 atom stereocenters. The van der Waals surface area contributed by atoms with Crippen molar-refractivity contribution < 1.29 is 0 Å². The van der Waals surface area contributed by atoms with Gasteiger partial charge >= 0.3 is 0 Å². The van der Waals surface area contributed by atoms with Crippen molar-refractivity contribution in [3.63, 3.8) is 0 Å². The molecule has 2 nitrogen and oxygen atoms in total. The van der Waals surface area contributed by atoms with Gasteiger partial charge in [-0.1, -0.05) is 53.3 Å². The molecule has 2 aromatic carbocycles. The Kier molecular flexibility index (Phi) is 3.96. The minimum atomic E-state index is 0.153. The van der Waals surface area contributed by atoms with Gasteiger partial charge in [0.15, 0.2) is 5.17 Å². The van der Waals surface area contributed by atoms with Crippen LogP contribution >= 0.6 is 35.1 Å². The molecule has 3 rings (SSSR count). The minimum absolute atomic E-state index is 0.153. The van der Waals surface area contributed by atoms with Crippen molar-refractivity contribution in [1.29, 1.82) is 5.41 Å². The molecule has 1 aliphatic rings. The van der Waals surface area contributed by atoms with Crippen LogP contribution in [0.25, 0.3) is 0 Å². The Hall–Kier alpha value is -1.10. The van der Waals surface area contributed by atoms with Crippen LogP contribution in [-0.2, 0) is 6.42 Å². The Morgan fingerprint density at radius 3 is 2.85 bits per heavy atom. The third-order valence-corrected chi connectivity index (χ3v) is 5.59. The first-order chi connectivity index (χ1) is 9.63. The standard InChI is InChI=1S/C15H13ClN2S2/c16-10-5-6-12-9(7-10)8-14(20-15(17)18)11-3-1-2-4-13(11)19-12/h1-7,14H,8H2,(H3,17,18). The molecule has 0 aliphatic carbocycles. The van der Waals surface area contributed by atoms with E-state index in [1.54, 1.807) is 11.8 Å². The van der Waals surface area contributed by atoms with Crippen LogP contribution in [0.4, 0.5) is 0 Å². The lowest BCUT2D eigenvalue weighted by atomic mass is 10.0. The average molecular weight is 321 g/mol. The zero-order valence-electron chi connectivity index (χ0n) is 10.6. The molecule has 0 amide bonds. The molecule has 102 valence electrons. The van der Waals surface area contributed by atoms with Gasteiger partial charge in [0.05, 0.1) is 0 Å². The predicted molar refractivity (Wildman–Crippen MR) is 88.0 cm³/mol. The number of rotatable bonds is 1. The van der Waals surface area contributed by atoms with Crippen molar-refractivity contribution in [2.45, 2.75) is 21.5 Å². The smallest absolute Gasteiger partial charge is 0.151 e. The molecule has 0 fully saturated rings. The van der Waals surface area contributed by atoms with E-state index in [0.29, 0.717) is 0 Å². The second-order valence-electron chi connectivity index (χ2n) is 4.57. The minimum Gasteiger partial charge on any atom is -0.379 e. The lowest BCUT2D eigenvalue weighted by Crippen LogP contribution is -2.09. The van der Waals surface area contributed by atoms with Gasteiger partial charge in [-0.2, -0.15) is 0 Å². The molecular formula is C15H13ClN2S2. The summed E-state index contributed by atoms with van der Waals surface area (Å²) in [5.41, 5.74) is 8.06. The number of nitrogens with two attached hydrogens (primary N) is 1. The summed E-state index contributed by atoms with van der Waals surface area (Å²) in [6.45, 7) is 0. The van der Waals surface area contributed by atoms with Crippen molar-refractivity contribution in [3.05, 3.63) is 58.6 Å². The average Bonchev–Trinajstić information content (AvgIpc) is 2.55. The van der Waals surface area contributed by atoms with Gasteiger partial charge in [0, 0.05) is 20.1 Å². The molecular weight excluding hydrogens is 308 g/mol. The fraction of sp³-hybridized carbons (Fsp3) is 0.133. The van der Waals surface area contributed by atoms with E-state index in [1.807, 2.05) is 24.3 Å². The molecule has 0 saturated heterocycles. The van der Waals surface area contributed by atoms with E-state index in [2.05, 4.69) is 18.2 Å². The van der Waals surface area contributed by atoms with E-state index in [0.717, 1.165) is 11.4 Å². The summed E-state index contributed by atoms with van der Waals surface area (Å²) < 4.78 is 0. The maximum atomic E-state index is 7.58. The number of nitrogens with one attached hydrogen (secondary N) is 1. The number of hydrogen-bond acceptors (Lipinski definition) is 3. The third-order valence-electron chi connectivity index (χ3n) is 3.18. The summed E-state index contributed by atoms with van der Waals surface area (Å²) in [6, 6.07) is 14.3. The lowest BCUT2D eigenvalue weighted by Gasteiger charge is -2.16. The maximum Gasteiger partial charge on any atom is 0.151 e. The summed E-state index contributed by atoms with van der Waals surface area (Å²) >= 11 is 9.28. The molecule has 5 heteroatoms. The molecule has 0 aromatic heterocycles. The topological polar surface area (TPSA) is 49.9 Å². The molecule has 1 heterocycles. The highest BCUT2D eigenvalue weighted by atomic mass is 35.5. The highest BCUT2D eigenvalue weighted by Gasteiger charge is 2.23. The van der Waals surface area contributed by atoms with Crippen molar-refractivity contribution in [2.75, 3.05) is 0 Å². The fourth-order valence-corrected chi connectivity index (χ4v) is 4.63. The van der Waals surface area contributed by atoms with Crippen LogP contribution in [0.5, 0.6) is 0 Å². The molecule has 0 saturated carbocycles. The Balaban J connectivity index is 2.09. The van der Waals surface area contributed by atoms with Crippen molar-refractivity contribution in [3.8, 4) is 0 Å². The van der Waals surface area contributed by atoms with Crippen LogP contribution in [0.3, 0.4) is 0 Å². The monoisotopic (exact) mass is 320 g/mol. The number of fused-ring (bicyclic) bond motifs is 2. The molecule has 2 aromatic rings. The van der Waals surface area contributed by atoms with Gasteiger partial charge in [-0.05, 0) is 41.8 Å².